The summed E-state index contributed by atoms with van der Waals surface area (Å²) in [5.74, 6) is -0.449. The Morgan fingerprint density at radius 3 is 2.66 bits per heavy atom. The number of aliphatic hydroxyl groups is 1. The number of sulfonamides is 1. The summed E-state index contributed by atoms with van der Waals surface area (Å²) >= 11 is 7.12. The summed E-state index contributed by atoms with van der Waals surface area (Å²) in [4.78, 5) is 0. The molecule has 1 atom stereocenters. The Kier molecular flexibility index (Phi) is 7.09. The van der Waals surface area contributed by atoms with E-state index in [0.717, 1.165) is 29.5 Å². The summed E-state index contributed by atoms with van der Waals surface area (Å²) in [6, 6.07) is 11.1. The second-order valence-corrected chi connectivity index (χ2v) is 12.0. The molecule has 0 radical (unpaired) electrons. The highest BCUT2D eigenvalue weighted by Gasteiger charge is 2.38. The molecule has 4 rings (SSSR count). The van der Waals surface area contributed by atoms with E-state index in [1.165, 1.54) is 6.07 Å². The number of hydrogen-bond acceptors (Lipinski definition) is 6. The van der Waals surface area contributed by atoms with Gasteiger partial charge in [0, 0.05) is 24.6 Å². The van der Waals surface area contributed by atoms with E-state index in [2.05, 4.69) is 10.0 Å². The van der Waals surface area contributed by atoms with Crippen molar-refractivity contribution in [3.63, 3.8) is 0 Å². The number of anilines is 1. The number of aliphatic hydroxyl groups excluding tert-OH is 1. The number of alkyl halides is 3. The van der Waals surface area contributed by atoms with Gasteiger partial charge in [0.2, 0.25) is 0 Å². The molecule has 1 aliphatic rings. The average Bonchev–Trinajstić information content (AvgIpc) is 3.39. The number of benzene rings is 2. The van der Waals surface area contributed by atoms with E-state index < -0.39 is 33.1 Å². The molecule has 0 bridgehead atoms. The van der Waals surface area contributed by atoms with Crippen molar-refractivity contribution in [1.29, 1.82) is 0 Å². The smallest absolute Gasteiger partial charge is 0.419 e. The van der Waals surface area contributed by atoms with Crippen LogP contribution < -0.4 is 14.8 Å². The number of hydrogen-bond donors (Lipinski definition) is 3. The van der Waals surface area contributed by atoms with Crippen LogP contribution in [-0.4, -0.2) is 32.2 Å². The fourth-order valence-corrected chi connectivity index (χ4v) is 6.59. The second-order valence-electron chi connectivity index (χ2n) is 8.40. The molecule has 1 saturated heterocycles. The minimum atomic E-state index is -4.67. The first-order valence-corrected chi connectivity index (χ1v) is 13.2. The van der Waals surface area contributed by atoms with Gasteiger partial charge in [0.15, 0.2) is 0 Å². The van der Waals surface area contributed by atoms with Crippen LogP contribution in [0.4, 0.5) is 18.9 Å². The zero-order chi connectivity index (χ0) is 25.4. The highest BCUT2D eigenvalue weighted by molar-refractivity contribution is 7.94. The molecular weight excluding hydrogens is 525 g/mol. The van der Waals surface area contributed by atoms with Crippen LogP contribution in [-0.2, 0) is 22.8 Å². The fourth-order valence-electron chi connectivity index (χ4n) is 3.77. The molecule has 3 N–H and O–H groups in total. The molecule has 0 saturated carbocycles. The summed E-state index contributed by atoms with van der Waals surface area (Å²) in [7, 11) is -4.16. The topological polar surface area (TPSA) is 87.7 Å². The third-order valence-electron chi connectivity index (χ3n) is 5.57. The first-order chi connectivity index (χ1) is 16.4. The fraction of sp³-hybridized carbons (Fsp3) is 0.304. The number of thiophene rings is 1. The summed E-state index contributed by atoms with van der Waals surface area (Å²) < 4.78 is 75.0. The van der Waals surface area contributed by atoms with Crippen molar-refractivity contribution in [2.75, 3.05) is 17.8 Å². The Balaban J connectivity index is 1.65. The molecular formula is C23H22ClF3N2O4S2. The zero-order valence-corrected chi connectivity index (χ0v) is 20.8. The molecule has 0 amide bonds. The van der Waals surface area contributed by atoms with Crippen LogP contribution >= 0.6 is 22.9 Å². The molecule has 2 aromatic carbocycles. The van der Waals surface area contributed by atoms with Crippen LogP contribution in [0.25, 0.3) is 11.1 Å². The number of nitrogens with one attached hydrogen (secondary N) is 2. The number of ether oxygens (including phenoxy) is 1. The van der Waals surface area contributed by atoms with Crippen molar-refractivity contribution < 1.29 is 31.4 Å². The number of rotatable bonds is 7. The van der Waals surface area contributed by atoms with Gasteiger partial charge in [-0.15, -0.1) is 11.3 Å². The molecule has 1 aromatic heterocycles. The van der Waals surface area contributed by atoms with Crippen LogP contribution in [0.1, 0.15) is 24.5 Å². The van der Waals surface area contributed by atoms with Crippen molar-refractivity contribution in [3.05, 3.63) is 64.0 Å². The predicted octanol–water partition coefficient (Wildman–Crippen LogP) is 5.51. The monoisotopic (exact) mass is 546 g/mol. The van der Waals surface area contributed by atoms with Gasteiger partial charge in [-0.1, -0.05) is 29.8 Å². The van der Waals surface area contributed by atoms with Gasteiger partial charge in [-0.3, -0.25) is 4.72 Å². The minimum absolute atomic E-state index is 0.0732. The van der Waals surface area contributed by atoms with Crippen LogP contribution in [0.3, 0.4) is 0 Å². The largest absolute Gasteiger partial charge is 0.485 e. The Hall–Kier alpha value is -2.31. The lowest BCUT2D eigenvalue weighted by atomic mass is 10.1. The summed E-state index contributed by atoms with van der Waals surface area (Å²) in [6.07, 6.45) is -4.16. The number of halogens is 4. The molecule has 12 heteroatoms. The standard InChI is InChI=1S/C23H22ClF3N2O4S2/c1-22(7-8-28-13-22)33-19-10-16(5-6-18(19)23(25,26)27)29-35(31,32)20-11-17(21(24)34-20)15-4-2-3-14(9-15)12-30/h2-6,9-11,28-30H,7-8,12-13H2,1H3/t22-/m1/s1. The van der Waals surface area contributed by atoms with E-state index in [4.69, 9.17) is 16.3 Å². The molecule has 0 spiro atoms. The van der Waals surface area contributed by atoms with Gasteiger partial charge in [0.05, 0.1) is 17.9 Å². The van der Waals surface area contributed by atoms with Crippen molar-refractivity contribution in [2.45, 2.75) is 35.9 Å². The highest BCUT2D eigenvalue weighted by Crippen LogP contribution is 2.41. The van der Waals surface area contributed by atoms with Gasteiger partial charge in [0.25, 0.3) is 10.0 Å². The van der Waals surface area contributed by atoms with Crippen LogP contribution in [0.15, 0.2) is 52.7 Å². The summed E-state index contributed by atoms with van der Waals surface area (Å²) in [5.41, 5.74) is -0.185. The van der Waals surface area contributed by atoms with E-state index >= 15 is 0 Å². The maximum Gasteiger partial charge on any atom is 0.419 e. The van der Waals surface area contributed by atoms with Gasteiger partial charge in [-0.2, -0.15) is 13.2 Å². The second kappa shape index (κ2) is 9.62. The van der Waals surface area contributed by atoms with E-state index in [1.807, 2.05) is 0 Å². The highest BCUT2D eigenvalue weighted by atomic mass is 35.5. The van der Waals surface area contributed by atoms with Crippen molar-refractivity contribution in [3.8, 4) is 16.9 Å². The van der Waals surface area contributed by atoms with Gasteiger partial charge in [-0.05, 0) is 48.9 Å². The maximum atomic E-state index is 13.6. The average molecular weight is 547 g/mol. The Morgan fingerprint density at radius 1 is 1.23 bits per heavy atom. The van der Waals surface area contributed by atoms with Crippen molar-refractivity contribution in [1.82, 2.24) is 5.32 Å². The third-order valence-corrected chi connectivity index (χ3v) is 8.79. The normalized spacial score (nSPS) is 18.6. The van der Waals surface area contributed by atoms with Crippen molar-refractivity contribution in [2.24, 2.45) is 0 Å². The Labute approximate surface area is 209 Å². The molecule has 3 aromatic rings. The minimum Gasteiger partial charge on any atom is -0.485 e. The summed E-state index contributed by atoms with van der Waals surface area (Å²) in [6.45, 7) is 2.49. The SMILES string of the molecule is C[C@@]1(Oc2cc(NS(=O)(=O)c3cc(-c4cccc(CO)c4)c(Cl)s3)ccc2C(F)(F)F)CCNC1. The van der Waals surface area contributed by atoms with Crippen LogP contribution in [0.2, 0.25) is 4.34 Å². The van der Waals surface area contributed by atoms with Crippen LogP contribution in [0.5, 0.6) is 5.75 Å². The molecule has 2 heterocycles. The zero-order valence-electron chi connectivity index (χ0n) is 18.4. The Morgan fingerprint density at radius 2 is 2.00 bits per heavy atom. The summed E-state index contributed by atoms with van der Waals surface area (Å²) in [5, 5.41) is 12.4. The van der Waals surface area contributed by atoms with Crippen LogP contribution in [0, 0.1) is 0 Å². The maximum absolute atomic E-state index is 13.6. The molecule has 1 aliphatic heterocycles. The molecule has 1 fully saturated rings. The molecule has 188 valence electrons. The molecule has 0 aliphatic carbocycles. The lowest BCUT2D eigenvalue weighted by Gasteiger charge is -2.27. The quantitative estimate of drug-likeness (QED) is 0.364. The van der Waals surface area contributed by atoms with E-state index in [9.17, 15) is 26.7 Å². The van der Waals surface area contributed by atoms with E-state index in [0.29, 0.717) is 36.2 Å². The first kappa shape index (κ1) is 25.8. The first-order valence-electron chi connectivity index (χ1n) is 10.5. The van der Waals surface area contributed by atoms with Gasteiger partial charge in [-0.25, -0.2) is 8.42 Å². The molecule has 0 unspecified atom stereocenters. The predicted molar refractivity (Wildman–Crippen MR) is 129 cm³/mol. The third kappa shape index (κ3) is 5.75. The lowest BCUT2D eigenvalue weighted by Crippen LogP contribution is -2.35. The van der Waals surface area contributed by atoms with Gasteiger partial charge in [0.1, 0.15) is 19.9 Å². The molecule has 6 nitrogen and oxygen atoms in total. The van der Waals surface area contributed by atoms with Gasteiger partial charge >= 0.3 is 6.18 Å². The lowest BCUT2D eigenvalue weighted by molar-refractivity contribution is -0.139. The van der Waals surface area contributed by atoms with E-state index in [-0.39, 0.29) is 20.8 Å². The van der Waals surface area contributed by atoms with Gasteiger partial charge < -0.3 is 15.2 Å². The Bertz CT molecular complexity index is 1340. The molecule has 35 heavy (non-hydrogen) atoms. The van der Waals surface area contributed by atoms with E-state index in [1.54, 1.807) is 31.2 Å². The van der Waals surface area contributed by atoms with Crippen molar-refractivity contribution >= 4 is 38.6 Å².